The summed E-state index contributed by atoms with van der Waals surface area (Å²) < 4.78 is 0. The number of carbonyl (C=O) groups is 1. The quantitative estimate of drug-likeness (QED) is 0.898. The van der Waals surface area contributed by atoms with E-state index in [4.69, 9.17) is 0 Å². The summed E-state index contributed by atoms with van der Waals surface area (Å²) in [5.41, 5.74) is 2.72. The zero-order valence-electron chi connectivity index (χ0n) is 11.4. The SMILES string of the molecule is CNc1ccc(C(=O)NCc2ccc(C)s2)c(C)c1. The molecular weight excluding hydrogens is 256 g/mol. The Morgan fingerprint density at radius 3 is 2.58 bits per heavy atom. The van der Waals surface area contributed by atoms with Gasteiger partial charge in [-0.05, 0) is 49.7 Å². The first-order valence-corrected chi connectivity index (χ1v) is 7.03. The smallest absolute Gasteiger partial charge is 0.251 e. The maximum Gasteiger partial charge on any atom is 0.251 e. The third-order valence-electron chi connectivity index (χ3n) is 2.98. The highest BCUT2D eigenvalue weighted by molar-refractivity contribution is 7.11. The number of thiophene rings is 1. The van der Waals surface area contributed by atoms with Gasteiger partial charge in [0.2, 0.25) is 0 Å². The molecule has 0 radical (unpaired) electrons. The maximum absolute atomic E-state index is 12.1. The van der Waals surface area contributed by atoms with E-state index in [0.29, 0.717) is 6.54 Å². The van der Waals surface area contributed by atoms with Gasteiger partial charge in [-0.3, -0.25) is 4.79 Å². The normalized spacial score (nSPS) is 10.3. The Balaban J connectivity index is 2.03. The average Bonchev–Trinajstić information content (AvgIpc) is 2.81. The van der Waals surface area contributed by atoms with Crippen LogP contribution in [-0.4, -0.2) is 13.0 Å². The lowest BCUT2D eigenvalue weighted by atomic mass is 10.1. The molecule has 0 spiro atoms. The molecule has 3 nitrogen and oxygen atoms in total. The van der Waals surface area contributed by atoms with E-state index in [1.54, 1.807) is 11.3 Å². The zero-order valence-corrected chi connectivity index (χ0v) is 12.2. The van der Waals surface area contributed by atoms with Crippen LogP contribution in [0.2, 0.25) is 0 Å². The molecule has 0 saturated carbocycles. The molecule has 0 atom stereocenters. The van der Waals surface area contributed by atoms with Gasteiger partial charge in [0.15, 0.2) is 0 Å². The van der Waals surface area contributed by atoms with Gasteiger partial charge in [-0.15, -0.1) is 11.3 Å². The second kappa shape index (κ2) is 5.89. The van der Waals surface area contributed by atoms with Crippen LogP contribution in [0.3, 0.4) is 0 Å². The zero-order chi connectivity index (χ0) is 13.8. The van der Waals surface area contributed by atoms with Gasteiger partial charge in [-0.2, -0.15) is 0 Å². The van der Waals surface area contributed by atoms with E-state index in [0.717, 1.165) is 16.8 Å². The average molecular weight is 274 g/mol. The maximum atomic E-state index is 12.1. The molecule has 2 rings (SSSR count). The first-order valence-electron chi connectivity index (χ1n) is 6.22. The molecule has 1 aromatic heterocycles. The molecule has 2 aromatic rings. The minimum absolute atomic E-state index is 0.0220. The van der Waals surface area contributed by atoms with E-state index in [-0.39, 0.29) is 5.91 Å². The summed E-state index contributed by atoms with van der Waals surface area (Å²) in [4.78, 5) is 14.6. The number of nitrogens with one attached hydrogen (secondary N) is 2. The highest BCUT2D eigenvalue weighted by atomic mass is 32.1. The Kier molecular flexibility index (Phi) is 4.22. The third kappa shape index (κ3) is 3.35. The molecule has 2 N–H and O–H groups in total. The molecule has 0 bridgehead atoms. The number of rotatable bonds is 4. The Morgan fingerprint density at radius 1 is 1.21 bits per heavy atom. The molecule has 0 saturated heterocycles. The van der Waals surface area contributed by atoms with Gasteiger partial charge in [0.1, 0.15) is 0 Å². The van der Waals surface area contributed by atoms with Crippen molar-refractivity contribution in [2.24, 2.45) is 0 Å². The third-order valence-corrected chi connectivity index (χ3v) is 3.98. The number of hydrogen-bond donors (Lipinski definition) is 2. The lowest BCUT2D eigenvalue weighted by molar-refractivity contribution is 0.0950. The molecule has 1 aromatic carbocycles. The van der Waals surface area contributed by atoms with Crippen LogP contribution in [0.25, 0.3) is 0 Å². The number of aryl methyl sites for hydroxylation is 2. The molecule has 4 heteroatoms. The van der Waals surface area contributed by atoms with Crippen molar-refractivity contribution < 1.29 is 4.79 Å². The van der Waals surface area contributed by atoms with Gasteiger partial charge in [0.05, 0.1) is 6.54 Å². The molecule has 0 aliphatic heterocycles. The molecule has 1 amide bonds. The van der Waals surface area contributed by atoms with Gasteiger partial charge in [0.25, 0.3) is 5.91 Å². The first-order chi connectivity index (χ1) is 9.10. The van der Waals surface area contributed by atoms with E-state index in [1.165, 1.54) is 9.75 Å². The van der Waals surface area contributed by atoms with Gasteiger partial charge in [-0.1, -0.05) is 0 Å². The summed E-state index contributed by atoms with van der Waals surface area (Å²) in [5.74, 6) is -0.0220. The first kappa shape index (κ1) is 13.6. The number of hydrogen-bond acceptors (Lipinski definition) is 3. The van der Waals surface area contributed by atoms with E-state index < -0.39 is 0 Å². The molecule has 19 heavy (non-hydrogen) atoms. The van der Waals surface area contributed by atoms with Crippen molar-refractivity contribution >= 4 is 22.9 Å². The molecule has 1 heterocycles. The van der Waals surface area contributed by atoms with Crippen LogP contribution in [-0.2, 0) is 6.54 Å². The fourth-order valence-corrected chi connectivity index (χ4v) is 2.75. The highest BCUT2D eigenvalue weighted by Gasteiger charge is 2.09. The number of benzene rings is 1. The molecule has 100 valence electrons. The number of anilines is 1. The van der Waals surface area contributed by atoms with Crippen LogP contribution in [0.15, 0.2) is 30.3 Å². The van der Waals surface area contributed by atoms with Gasteiger partial charge >= 0.3 is 0 Å². The van der Waals surface area contributed by atoms with E-state index in [1.807, 2.05) is 32.2 Å². The Labute approximate surface area is 117 Å². The Morgan fingerprint density at radius 2 is 2.00 bits per heavy atom. The van der Waals surface area contributed by atoms with Crippen LogP contribution >= 0.6 is 11.3 Å². The van der Waals surface area contributed by atoms with Crippen molar-refractivity contribution in [2.75, 3.05) is 12.4 Å². The summed E-state index contributed by atoms with van der Waals surface area (Å²) in [5, 5.41) is 6.02. The van der Waals surface area contributed by atoms with Crippen molar-refractivity contribution in [3.05, 3.63) is 51.2 Å². The van der Waals surface area contributed by atoms with E-state index in [9.17, 15) is 4.79 Å². The van der Waals surface area contributed by atoms with Crippen molar-refractivity contribution in [3.63, 3.8) is 0 Å². The molecule has 0 unspecified atom stereocenters. The van der Waals surface area contributed by atoms with Gasteiger partial charge in [-0.25, -0.2) is 0 Å². The van der Waals surface area contributed by atoms with Crippen molar-refractivity contribution in [1.29, 1.82) is 0 Å². The largest absolute Gasteiger partial charge is 0.388 e. The van der Waals surface area contributed by atoms with Gasteiger partial charge < -0.3 is 10.6 Å². The van der Waals surface area contributed by atoms with Crippen LogP contribution < -0.4 is 10.6 Å². The minimum atomic E-state index is -0.0220. The summed E-state index contributed by atoms with van der Waals surface area (Å²) in [6.45, 7) is 4.60. The van der Waals surface area contributed by atoms with Crippen LogP contribution in [0.5, 0.6) is 0 Å². The molecule has 0 aliphatic carbocycles. The fourth-order valence-electron chi connectivity index (χ4n) is 1.92. The van der Waals surface area contributed by atoms with Crippen molar-refractivity contribution in [2.45, 2.75) is 20.4 Å². The van der Waals surface area contributed by atoms with Crippen molar-refractivity contribution in [1.82, 2.24) is 5.32 Å². The lowest BCUT2D eigenvalue weighted by Crippen LogP contribution is -2.23. The lowest BCUT2D eigenvalue weighted by Gasteiger charge is -2.08. The summed E-state index contributed by atoms with van der Waals surface area (Å²) >= 11 is 1.71. The van der Waals surface area contributed by atoms with Crippen LogP contribution in [0.1, 0.15) is 25.7 Å². The number of amides is 1. The summed E-state index contributed by atoms with van der Waals surface area (Å²) in [6.07, 6.45) is 0. The van der Waals surface area contributed by atoms with E-state index >= 15 is 0 Å². The monoisotopic (exact) mass is 274 g/mol. The molecular formula is C15H18N2OS. The van der Waals surface area contributed by atoms with Crippen LogP contribution in [0.4, 0.5) is 5.69 Å². The standard InChI is InChI=1S/C15H18N2OS/c1-10-8-12(16-3)5-7-14(10)15(18)17-9-13-6-4-11(2)19-13/h4-8,16H,9H2,1-3H3,(H,17,18). The minimum Gasteiger partial charge on any atom is -0.388 e. The second-order valence-electron chi connectivity index (χ2n) is 4.47. The number of carbonyl (C=O) groups excluding carboxylic acids is 1. The summed E-state index contributed by atoms with van der Waals surface area (Å²) in [7, 11) is 1.87. The fraction of sp³-hybridized carbons (Fsp3) is 0.267. The second-order valence-corrected chi connectivity index (χ2v) is 5.85. The Bertz CT molecular complexity index is 590. The summed E-state index contributed by atoms with van der Waals surface area (Å²) in [6, 6.07) is 9.87. The van der Waals surface area contributed by atoms with Crippen molar-refractivity contribution in [3.8, 4) is 0 Å². The Hall–Kier alpha value is -1.81. The molecule has 0 aliphatic rings. The van der Waals surface area contributed by atoms with Crippen LogP contribution in [0, 0.1) is 13.8 Å². The van der Waals surface area contributed by atoms with E-state index in [2.05, 4.69) is 29.7 Å². The van der Waals surface area contributed by atoms with Gasteiger partial charge in [0, 0.05) is 28.1 Å². The predicted octanol–water partition coefficient (Wildman–Crippen LogP) is 3.34. The molecule has 0 fully saturated rings. The topological polar surface area (TPSA) is 41.1 Å². The highest BCUT2D eigenvalue weighted by Crippen LogP contribution is 2.16. The predicted molar refractivity (Wildman–Crippen MR) is 81.0 cm³/mol.